The summed E-state index contributed by atoms with van der Waals surface area (Å²) >= 11 is 0. The van der Waals surface area contributed by atoms with Gasteiger partial charge in [-0.15, -0.1) is 0 Å². The summed E-state index contributed by atoms with van der Waals surface area (Å²) in [7, 11) is 0. The molecule has 0 radical (unpaired) electrons. The molecule has 0 saturated heterocycles. The van der Waals surface area contributed by atoms with Crippen molar-refractivity contribution in [2.24, 2.45) is 9.98 Å². The largest absolute Gasteiger partial charge is 0.234 e. The zero-order valence-electron chi connectivity index (χ0n) is 12.6. The average Bonchev–Trinajstić information content (AvgIpc) is 2.58. The number of hydrogen-bond acceptors (Lipinski definition) is 4. The van der Waals surface area contributed by atoms with Crippen molar-refractivity contribution in [1.82, 2.24) is 0 Å². The van der Waals surface area contributed by atoms with Gasteiger partial charge in [-0.25, -0.2) is 19.6 Å². The van der Waals surface area contributed by atoms with Crippen molar-refractivity contribution in [3.63, 3.8) is 0 Å². The van der Waals surface area contributed by atoms with Crippen LogP contribution >= 0.6 is 0 Å². The zero-order valence-corrected chi connectivity index (χ0v) is 12.6. The van der Waals surface area contributed by atoms with E-state index < -0.39 is 0 Å². The molecule has 0 unspecified atom stereocenters. The van der Waals surface area contributed by atoms with E-state index in [9.17, 15) is 9.59 Å². The summed E-state index contributed by atoms with van der Waals surface area (Å²) < 4.78 is 0. The Morgan fingerprint density at radius 3 is 1.32 bits per heavy atom. The number of aliphatic imine (C=N–C) groups is 2. The molecule has 0 atom stereocenters. The number of hydrogen-bond donors (Lipinski definition) is 0. The van der Waals surface area contributed by atoms with Gasteiger partial charge >= 0.3 is 0 Å². The Bertz CT molecular complexity index is 555. The molecule has 2 aromatic rings. The summed E-state index contributed by atoms with van der Waals surface area (Å²) in [4.78, 5) is 26.1. The molecule has 0 fully saturated rings. The number of rotatable bonds is 7. The summed E-state index contributed by atoms with van der Waals surface area (Å²) in [6.45, 7) is 1.11. The van der Waals surface area contributed by atoms with Crippen molar-refractivity contribution in [2.75, 3.05) is 13.1 Å². The minimum absolute atomic E-state index is 0.556. The van der Waals surface area contributed by atoms with E-state index in [2.05, 4.69) is 58.5 Å². The highest BCUT2D eigenvalue weighted by atomic mass is 16.1. The van der Waals surface area contributed by atoms with Gasteiger partial charge in [0.05, 0.1) is 13.1 Å². The molecule has 0 bridgehead atoms. The Kier molecular flexibility index (Phi) is 9.73. The molecule has 0 spiro atoms. The van der Waals surface area contributed by atoms with E-state index in [4.69, 9.17) is 0 Å². The maximum absolute atomic E-state index is 9.63. The quantitative estimate of drug-likeness (QED) is 0.439. The van der Waals surface area contributed by atoms with Gasteiger partial charge in [-0.05, 0) is 23.6 Å². The smallest absolute Gasteiger partial charge is 0.211 e. The summed E-state index contributed by atoms with van der Waals surface area (Å²) in [6, 6.07) is 16.7. The molecular weight excluding hydrogens is 276 g/mol. The van der Waals surface area contributed by atoms with Gasteiger partial charge in [-0.2, -0.15) is 0 Å². The first kappa shape index (κ1) is 17.5. The van der Waals surface area contributed by atoms with Crippen LogP contribution in [0.3, 0.4) is 0 Å². The Balaban J connectivity index is 0.000000222. The summed E-state index contributed by atoms with van der Waals surface area (Å²) in [5.74, 6) is 0. The summed E-state index contributed by atoms with van der Waals surface area (Å²) in [5.41, 5.74) is 0. The van der Waals surface area contributed by atoms with Crippen LogP contribution in [0.15, 0.2) is 58.5 Å². The van der Waals surface area contributed by atoms with Crippen molar-refractivity contribution >= 4 is 22.9 Å². The molecule has 0 amide bonds. The lowest BCUT2D eigenvalue weighted by Gasteiger charge is -1.93. The SMILES string of the molecule is O=C=NCCCCCCN=C=O.c1ccc2ccccc2c1. The maximum atomic E-state index is 9.63. The second-order valence-electron chi connectivity index (χ2n) is 4.71. The van der Waals surface area contributed by atoms with Crippen LogP contribution in [-0.2, 0) is 9.59 Å². The normalized spacial score (nSPS) is 9.09. The van der Waals surface area contributed by atoms with Gasteiger partial charge in [0, 0.05) is 0 Å². The standard InChI is InChI=1S/C10H8.C8H12N2O2/c1-2-6-10-8-4-3-7-9(10)5-1;11-7-9-5-3-1-2-4-6-10-8-12/h1-8H;1-6H2. The van der Waals surface area contributed by atoms with Crippen LogP contribution in [0.2, 0.25) is 0 Å². The summed E-state index contributed by atoms with van der Waals surface area (Å²) in [6.07, 6.45) is 6.80. The van der Waals surface area contributed by atoms with Gasteiger partial charge < -0.3 is 0 Å². The monoisotopic (exact) mass is 296 g/mol. The summed E-state index contributed by atoms with van der Waals surface area (Å²) in [5, 5.41) is 2.62. The van der Waals surface area contributed by atoms with Crippen molar-refractivity contribution in [1.29, 1.82) is 0 Å². The van der Waals surface area contributed by atoms with E-state index in [-0.39, 0.29) is 0 Å². The third-order valence-electron chi connectivity index (χ3n) is 3.08. The predicted octanol–water partition coefficient (Wildman–Crippen LogP) is 4.06. The second-order valence-corrected chi connectivity index (χ2v) is 4.71. The molecule has 22 heavy (non-hydrogen) atoms. The average molecular weight is 296 g/mol. The number of benzene rings is 2. The molecule has 0 saturated carbocycles. The van der Waals surface area contributed by atoms with Gasteiger partial charge in [0.1, 0.15) is 0 Å². The second kappa shape index (κ2) is 12.2. The molecule has 0 heterocycles. The molecule has 0 aliphatic rings. The van der Waals surface area contributed by atoms with Crippen molar-refractivity contribution in [3.05, 3.63) is 48.5 Å². The van der Waals surface area contributed by atoms with Gasteiger partial charge in [-0.3, -0.25) is 0 Å². The molecule has 0 aromatic heterocycles. The van der Waals surface area contributed by atoms with Gasteiger partial charge in [-0.1, -0.05) is 61.4 Å². The van der Waals surface area contributed by atoms with Gasteiger partial charge in [0.25, 0.3) is 0 Å². The van der Waals surface area contributed by atoms with Crippen molar-refractivity contribution in [3.8, 4) is 0 Å². The Hall–Kier alpha value is -2.54. The molecular formula is C18H20N2O2. The number of nitrogens with zero attached hydrogens (tertiary/aromatic N) is 2. The molecule has 2 aromatic carbocycles. The third kappa shape index (κ3) is 7.91. The molecule has 0 N–H and O–H groups in total. The topological polar surface area (TPSA) is 58.9 Å². The molecule has 4 heteroatoms. The highest BCUT2D eigenvalue weighted by Gasteiger charge is 1.88. The Morgan fingerprint density at radius 2 is 1.00 bits per heavy atom. The predicted molar refractivity (Wildman–Crippen MR) is 88.4 cm³/mol. The number of carbonyl (C=O) groups excluding carboxylic acids is 2. The number of fused-ring (bicyclic) bond motifs is 1. The van der Waals surface area contributed by atoms with E-state index in [1.165, 1.54) is 22.9 Å². The van der Waals surface area contributed by atoms with E-state index in [0.717, 1.165) is 25.7 Å². The lowest BCUT2D eigenvalue weighted by molar-refractivity contribution is 0.558. The van der Waals surface area contributed by atoms with E-state index in [1.807, 2.05) is 0 Å². The first-order chi connectivity index (χ1) is 10.9. The van der Waals surface area contributed by atoms with Crippen LogP contribution < -0.4 is 0 Å². The lowest BCUT2D eigenvalue weighted by atomic mass is 10.1. The molecule has 0 aliphatic heterocycles. The van der Waals surface area contributed by atoms with Crippen LogP contribution in [0.25, 0.3) is 10.8 Å². The Morgan fingerprint density at radius 1 is 0.636 bits per heavy atom. The minimum Gasteiger partial charge on any atom is -0.211 e. The highest BCUT2D eigenvalue weighted by molar-refractivity contribution is 5.81. The van der Waals surface area contributed by atoms with Gasteiger partial charge in [0.2, 0.25) is 12.2 Å². The third-order valence-corrected chi connectivity index (χ3v) is 3.08. The van der Waals surface area contributed by atoms with E-state index >= 15 is 0 Å². The lowest BCUT2D eigenvalue weighted by Crippen LogP contribution is -1.84. The van der Waals surface area contributed by atoms with Crippen LogP contribution in [0.1, 0.15) is 25.7 Å². The molecule has 4 nitrogen and oxygen atoms in total. The number of isocyanates is 2. The fourth-order valence-electron chi connectivity index (χ4n) is 1.96. The van der Waals surface area contributed by atoms with Crippen LogP contribution in [-0.4, -0.2) is 25.2 Å². The van der Waals surface area contributed by atoms with Crippen LogP contribution in [0, 0.1) is 0 Å². The number of unbranched alkanes of at least 4 members (excludes halogenated alkanes) is 3. The van der Waals surface area contributed by atoms with E-state index in [0.29, 0.717) is 13.1 Å². The fraction of sp³-hybridized carbons (Fsp3) is 0.333. The zero-order chi connectivity index (χ0) is 15.9. The van der Waals surface area contributed by atoms with Crippen LogP contribution in [0.5, 0.6) is 0 Å². The molecule has 2 rings (SSSR count). The first-order valence-corrected chi connectivity index (χ1v) is 7.39. The minimum atomic E-state index is 0.556. The van der Waals surface area contributed by atoms with E-state index in [1.54, 1.807) is 0 Å². The van der Waals surface area contributed by atoms with Crippen molar-refractivity contribution in [2.45, 2.75) is 25.7 Å². The molecule has 0 aliphatic carbocycles. The Labute approximate surface area is 130 Å². The van der Waals surface area contributed by atoms with Crippen LogP contribution in [0.4, 0.5) is 0 Å². The highest BCUT2D eigenvalue weighted by Crippen LogP contribution is 2.11. The molecule has 114 valence electrons. The van der Waals surface area contributed by atoms with Crippen molar-refractivity contribution < 1.29 is 9.59 Å². The first-order valence-electron chi connectivity index (χ1n) is 7.39. The maximum Gasteiger partial charge on any atom is 0.234 e. The van der Waals surface area contributed by atoms with Gasteiger partial charge in [0.15, 0.2) is 0 Å². The fourth-order valence-corrected chi connectivity index (χ4v) is 1.96.